The lowest BCUT2D eigenvalue weighted by molar-refractivity contribution is 0.598. The second kappa shape index (κ2) is 7.88. The van der Waals surface area contributed by atoms with Gasteiger partial charge < -0.3 is 5.32 Å². The fraction of sp³-hybridized carbons (Fsp3) is 0.211. The van der Waals surface area contributed by atoms with Gasteiger partial charge in [-0.25, -0.2) is 13.4 Å². The number of hydrogen-bond acceptors (Lipinski definition) is 5. The fourth-order valence-corrected chi connectivity index (χ4v) is 4.36. The molecule has 0 aliphatic rings. The number of hydrogen-bond donors (Lipinski definition) is 1. The maximum Gasteiger partial charge on any atom is 0.232 e. The lowest BCUT2D eigenvalue weighted by Gasteiger charge is -2.20. The van der Waals surface area contributed by atoms with Crippen molar-refractivity contribution in [3.05, 3.63) is 65.5 Å². The Hall–Kier alpha value is -2.38. The van der Waals surface area contributed by atoms with Crippen LogP contribution in [0, 0.1) is 0 Å². The van der Waals surface area contributed by atoms with Crippen molar-refractivity contribution < 1.29 is 8.42 Å². The Morgan fingerprint density at radius 3 is 2.38 bits per heavy atom. The van der Waals surface area contributed by atoms with E-state index >= 15 is 0 Å². The van der Waals surface area contributed by atoms with Gasteiger partial charge in [0.05, 0.1) is 17.6 Å². The molecule has 136 valence electrons. The normalized spacial score (nSPS) is 11.3. The molecule has 0 fully saturated rings. The van der Waals surface area contributed by atoms with Gasteiger partial charge in [0.1, 0.15) is 0 Å². The van der Waals surface area contributed by atoms with Crippen molar-refractivity contribution in [1.29, 1.82) is 0 Å². The van der Waals surface area contributed by atoms with Crippen LogP contribution < -0.4 is 9.62 Å². The number of aromatic nitrogens is 1. The van der Waals surface area contributed by atoms with Crippen LogP contribution in [0.25, 0.3) is 11.3 Å². The van der Waals surface area contributed by atoms with Crippen LogP contribution >= 0.6 is 11.3 Å². The Morgan fingerprint density at radius 1 is 1.08 bits per heavy atom. The van der Waals surface area contributed by atoms with Crippen molar-refractivity contribution in [2.24, 2.45) is 0 Å². The first-order chi connectivity index (χ1) is 12.5. The first kappa shape index (κ1) is 18.4. The largest absolute Gasteiger partial charge is 0.357 e. The standard InChI is InChI=1S/C19H21N3O2S2/c1-3-22(26(2,23)24)17-11-9-16(10-12-17)18-14-25-19(21-18)20-13-15-7-5-4-6-8-15/h4-12,14H,3,13H2,1-2H3,(H,20,21). The number of thiazole rings is 1. The molecule has 0 amide bonds. The minimum atomic E-state index is -3.27. The van der Waals surface area contributed by atoms with Crippen LogP contribution in [0.4, 0.5) is 10.8 Å². The molecule has 0 atom stereocenters. The van der Waals surface area contributed by atoms with Gasteiger partial charge in [0, 0.05) is 24.0 Å². The molecule has 26 heavy (non-hydrogen) atoms. The van der Waals surface area contributed by atoms with Crippen molar-refractivity contribution >= 4 is 32.2 Å². The Kier molecular flexibility index (Phi) is 5.58. The van der Waals surface area contributed by atoms with Gasteiger partial charge in [0.2, 0.25) is 10.0 Å². The zero-order chi connectivity index (χ0) is 18.6. The van der Waals surface area contributed by atoms with Gasteiger partial charge in [0.15, 0.2) is 5.13 Å². The van der Waals surface area contributed by atoms with Crippen molar-refractivity contribution in [3.63, 3.8) is 0 Å². The van der Waals surface area contributed by atoms with Crippen LogP contribution in [0.3, 0.4) is 0 Å². The third kappa shape index (κ3) is 4.42. The van der Waals surface area contributed by atoms with Gasteiger partial charge in [-0.15, -0.1) is 11.3 Å². The number of sulfonamides is 1. The van der Waals surface area contributed by atoms with Crippen molar-refractivity contribution in [2.75, 3.05) is 22.4 Å². The smallest absolute Gasteiger partial charge is 0.232 e. The van der Waals surface area contributed by atoms with E-state index in [2.05, 4.69) is 22.4 Å². The summed E-state index contributed by atoms with van der Waals surface area (Å²) < 4.78 is 25.0. The zero-order valence-corrected chi connectivity index (χ0v) is 16.3. The predicted octanol–water partition coefficient (Wildman–Crippen LogP) is 4.21. The minimum absolute atomic E-state index is 0.405. The summed E-state index contributed by atoms with van der Waals surface area (Å²) in [5, 5.41) is 6.19. The van der Waals surface area contributed by atoms with E-state index in [1.54, 1.807) is 11.3 Å². The molecule has 0 saturated carbocycles. The molecule has 1 aromatic heterocycles. The summed E-state index contributed by atoms with van der Waals surface area (Å²) in [4.78, 5) is 4.61. The Balaban J connectivity index is 1.71. The fourth-order valence-electron chi connectivity index (χ4n) is 2.67. The average molecular weight is 388 g/mol. The molecule has 0 unspecified atom stereocenters. The summed E-state index contributed by atoms with van der Waals surface area (Å²) in [5.74, 6) is 0. The molecule has 0 saturated heterocycles. The molecular weight excluding hydrogens is 366 g/mol. The number of nitrogens with zero attached hydrogens (tertiary/aromatic N) is 2. The van der Waals surface area contributed by atoms with Crippen LogP contribution in [-0.2, 0) is 16.6 Å². The summed E-state index contributed by atoms with van der Waals surface area (Å²) in [7, 11) is -3.27. The van der Waals surface area contributed by atoms with Crippen molar-refractivity contribution in [1.82, 2.24) is 4.98 Å². The van der Waals surface area contributed by atoms with Gasteiger partial charge in [-0.1, -0.05) is 42.5 Å². The van der Waals surface area contributed by atoms with Gasteiger partial charge in [-0.3, -0.25) is 4.31 Å². The molecule has 1 heterocycles. The van der Waals surface area contributed by atoms with E-state index in [0.29, 0.717) is 12.2 Å². The van der Waals surface area contributed by atoms with Gasteiger partial charge >= 0.3 is 0 Å². The van der Waals surface area contributed by atoms with E-state index in [9.17, 15) is 8.42 Å². The molecular formula is C19H21N3O2S2. The summed E-state index contributed by atoms with van der Waals surface area (Å²) >= 11 is 1.55. The highest BCUT2D eigenvalue weighted by atomic mass is 32.2. The van der Waals surface area contributed by atoms with E-state index in [0.717, 1.165) is 22.9 Å². The minimum Gasteiger partial charge on any atom is -0.357 e. The van der Waals surface area contributed by atoms with Crippen LogP contribution in [-0.4, -0.2) is 26.2 Å². The second-order valence-electron chi connectivity index (χ2n) is 5.85. The lowest BCUT2D eigenvalue weighted by Crippen LogP contribution is -2.29. The molecule has 7 heteroatoms. The zero-order valence-electron chi connectivity index (χ0n) is 14.7. The monoisotopic (exact) mass is 387 g/mol. The molecule has 0 bridgehead atoms. The molecule has 3 aromatic rings. The first-order valence-electron chi connectivity index (χ1n) is 8.29. The van der Waals surface area contributed by atoms with Crippen LogP contribution in [0.15, 0.2) is 60.0 Å². The predicted molar refractivity (Wildman–Crippen MR) is 109 cm³/mol. The SMILES string of the molecule is CCN(c1ccc(-c2csc(NCc3ccccc3)n2)cc1)S(C)(=O)=O. The maximum atomic E-state index is 11.8. The summed E-state index contributed by atoms with van der Waals surface area (Å²) in [6.45, 7) is 2.95. The molecule has 1 N–H and O–H groups in total. The number of nitrogens with one attached hydrogen (secondary N) is 1. The summed E-state index contributed by atoms with van der Waals surface area (Å²) in [5.41, 5.74) is 3.70. The molecule has 0 spiro atoms. The van der Waals surface area contributed by atoms with E-state index in [1.807, 2.05) is 54.8 Å². The maximum absolute atomic E-state index is 11.8. The highest BCUT2D eigenvalue weighted by Gasteiger charge is 2.15. The Morgan fingerprint density at radius 2 is 1.77 bits per heavy atom. The Labute approximate surface area is 158 Å². The van der Waals surface area contributed by atoms with Gasteiger partial charge in [0.25, 0.3) is 0 Å². The molecule has 0 aliphatic carbocycles. The third-order valence-corrected chi connectivity index (χ3v) is 6.00. The van der Waals surface area contributed by atoms with Gasteiger partial charge in [-0.2, -0.15) is 0 Å². The topological polar surface area (TPSA) is 62.3 Å². The molecule has 2 aromatic carbocycles. The lowest BCUT2D eigenvalue weighted by atomic mass is 10.1. The number of anilines is 2. The van der Waals surface area contributed by atoms with Crippen molar-refractivity contribution in [2.45, 2.75) is 13.5 Å². The molecule has 3 rings (SSSR count). The first-order valence-corrected chi connectivity index (χ1v) is 11.0. The van der Waals surface area contributed by atoms with E-state index < -0.39 is 10.0 Å². The van der Waals surface area contributed by atoms with Crippen LogP contribution in [0.2, 0.25) is 0 Å². The highest BCUT2D eigenvalue weighted by Crippen LogP contribution is 2.27. The third-order valence-electron chi connectivity index (χ3n) is 3.93. The number of benzene rings is 2. The highest BCUT2D eigenvalue weighted by molar-refractivity contribution is 7.92. The van der Waals surface area contributed by atoms with E-state index in [4.69, 9.17) is 0 Å². The molecule has 0 radical (unpaired) electrons. The van der Waals surface area contributed by atoms with Crippen molar-refractivity contribution in [3.8, 4) is 11.3 Å². The van der Waals surface area contributed by atoms with Gasteiger partial charge in [-0.05, 0) is 24.6 Å². The second-order valence-corrected chi connectivity index (χ2v) is 8.62. The summed E-state index contributed by atoms with van der Waals surface area (Å²) in [6.07, 6.45) is 1.22. The van der Waals surface area contributed by atoms with Crippen LogP contribution in [0.5, 0.6) is 0 Å². The quantitative estimate of drug-likeness (QED) is 0.660. The Bertz CT molecular complexity index is 952. The van der Waals surface area contributed by atoms with E-state index in [1.165, 1.54) is 16.1 Å². The van der Waals surface area contributed by atoms with Crippen LogP contribution in [0.1, 0.15) is 12.5 Å². The molecule has 5 nitrogen and oxygen atoms in total. The summed E-state index contributed by atoms with van der Waals surface area (Å²) in [6, 6.07) is 17.6. The average Bonchev–Trinajstić information content (AvgIpc) is 3.10. The number of rotatable bonds is 7. The molecule has 0 aliphatic heterocycles. The van der Waals surface area contributed by atoms with E-state index in [-0.39, 0.29) is 0 Å².